The van der Waals surface area contributed by atoms with Crippen LogP contribution in [-0.2, 0) is 19.2 Å². The van der Waals surface area contributed by atoms with Crippen molar-refractivity contribution >= 4 is 24.2 Å². The predicted octanol–water partition coefficient (Wildman–Crippen LogP) is 3.92. The van der Waals surface area contributed by atoms with Gasteiger partial charge in [-0.1, -0.05) is 97.8 Å². The molecule has 4 atom stereocenters. The van der Waals surface area contributed by atoms with Gasteiger partial charge in [0.05, 0.1) is 6.61 Å². The summed E-state index contributed by atoms with van der Waals surface area (Å²) in [5.41, 5.74) is 0. The number of carbonyl (C=O) groups excluding carboxylic acids is 1. The van der Waals surface area contributed by atoms with Crippen molar-refractivity contribution in [3.05, 3.63) is 0 Å². The molecule has 0 aromatic heterocycles. The first-order valence-electron chi connectivity index (χ1n) is 15.3. The summed E-state index contributed by atoms with van der Waals surface area (Å²) < 4.78 is 0. The summed E-state index contributed by atoms with van der Waals surface area (Å²) in [5.74, 6) is -2.01. The Balaban J connectivity index is -0.000000230. The van der Waals surface area contributed by atoms with Gasteiger partial charge in [-0.2, -0.15) is 0 Å². The molecule has 0 aliphatic carbocycles. The van der Waals surface area contributed by atoms with Gasteiger partial charge in [-0.25, -0.2) is 0 Å². The van der Waals surface area contributed by atoms with Gasteiger partial charge in [0.2, 0.25) is 0 Å². The summed E-state index contributed by atoms with van der Waals surface area (Å²) in [6, 6.07) is 0. The van der Waals surface area contributed by atoms with Crippen LogP contribution in [0.5, 0.6) is 0 Å². The monoisotopic (exact) mass is 612 g/mol. The van der Waals surface area contributed by atoms with Crippen molar-refractivity contribution < 1.29 is 60.0 Å². The van der Waals surface area contributed by atoms with Crippen LogP contribution in [0.3, 0.4) is 0 Å². The number of carboxylic acids is 3. The molecule has 0 aliphatic heterocycles. The van der Waals surface area contributed by atoms with E-state index in [0.717, 1.165) is 38.5 Å². The Bertz CT molecular complexity index is 558. The third kappa shape index (κ3) is 42.3. The lowest BCUT2D eigenvalue weighted by atomic mass is 10.0. The quantitative estimate of drug-likeness (QED) is 0.0606. The molecule has 0 amide bonds. The fraction of sp³-hybridized carbons (Fsp3) is 0.867. The van der Waals surface area contributed by atoms with Crippen LogP contribution in [0.1, 0.15) is 136 Å². The zero-order valence-electron chi connectivity index (χ0n) is 26.0. The summed E-state index contributed by atoms with van der Waals surface area (Å²) in [7, 11) is 0. The normalized spacial score (nSPS) is 13.0. The van der Waals surface area contributed by atoms with Gasteiger partial charge in [-0.15, -0.1) is 0 Å². The molecule has 0 rings (SSSR count). The summed E-state index contributed by atoms with van der Waals surface area (Å²) in [6.45, 7) is 5.69. The Morgan fingerprint density at radius 3 is 1.02 bits per heavy atom. The molecule has 42 heavy (non-hydrogen) atoms. The van der Waals surface area contributed by atoms with E-state index in [2.05, 4.69) is 20.8 Å². The van der Waals surface area contributed by atoms with Crippen LogP contribution in [-0.4, -0.2) is 96.1 Å². The highest BCUT2D eigenvalue weighted by molar-refractivity contribution is 5.67. The number of unbranched alkanes of at least 4 members (excludes halogenated alkanes) is 12. The van der Waals surface area contributed by atoms with E-state index in [1.807, 2.05) is 0 Å². The number of rotatable bonds is 23. The maximum atomic E-state index is 10.0. The summed E-state index contributed by atoms with van der Waals surface area (Å²) in [4.78, 5) is 40.0. The van der Waals surface area contributed by atoms with Gasteiger partial charge in [0.1, 0.15) is 24.4 Å². The second kappa shape index (κ2) is 36.9. The first kappa shape index (κ1) is 46.8. The molecule has 0 aromatic carbocycles. The Morgan fingerprint density at radius 2 is 0.810 bits per heavy atom. The van der Waals surface area contributed by atoms with Crippen LogP contribution >= 0.6 is 0 Å². The topological polar surface area (TPSA) is 230 Å². The van der Waals surface area contributed by atoms with Crippen molar-refractivity contribution in [1.82, 2.24) is 0 Å². The Labute approximate surface area is 251 Å². The molecular formula is C30H60O12. The van der Waals surface area contributed by atoms with E-state index in [1.165, 1.54) is 57.8 Å². The van der Waals surface area contributed by atoms with Crippen LogP contribution in [0.25, 0.3) is 0 Å². The maximum Gasteiger partial charge on any atom is 0.303 e. The van der Waals surface area contributed by atoms with Crippen molar-refractivity contribution in [2.24, 2.45) is 0 Å². The minimum atomic E-state index is -1.79. The molecule has 8 N–H and O–H groups in total. The highest BCUT2D eigenvalue weighted by Crippen LogP contribution is 2.06. The molecule has 0 radical (unpaired) electrons. The number of carbonyl (C=O) groups is 4. The molecule has 0 aliphatic rings. The van der Waals surface area contributed by atoms with Gasteiger partial charge in [0.15, 0.2) is 6.29 Å². The summed E-state index contributed by atoms with van der Waals surface area (Å²) >= 11 is 0. The van der Waals surface area contributed by atoms with Crippen LogP contribution in [0.2, 0.25) is 0 Å². The lowest BCUT2D eigenvalue weighted by Gasteiger charge is -2.22. The second-order valence-corrected chi connectivity index (χ2v) is 10.0. The van der Waals surface area contributed by atoms with Crippen molar-refractivity contribution in [3.63, 3.8) is 0 Å². The molecule has 252 valence electrons. The molecule has 0 unspecified atom stereocenters. The fourth-order valence-corrected chi connectivity index (χ4v) is 3.26. The number of aldehydes is 1. The second-order valence-electron chi connectivity index (χ2n) is 10.0. The molecule has 0 aromatic rings. The van der Waals surface area contributed by atoms with Crippen molar-refractivity contribution in [2.75, 3.05) is 6.61 Å². The lowest BCUT2D eigenvalue weighted by Crippen LogP contribution is -2.46. The Morgan fingerprint density at radius 1 is 0.524 bits per heavy atom. The third-order valence-electron chi connectivity index (χ3n) is 5.90. The lowest BCUT2D eigenvalue weighted by molar-refractivity contribution is -0.138. The van der Waals surface area contributed by atoms with Crippen molar-refractivity contribution in [1.29, 1.82) is 0 Å². The number of aliphatic hydroxyl groups excluding tert-OH is 5. The van der Waals surface area contributed by atoms with E-state index in [0.29, 0.717) is 19.3 Å². The van der Waals surface area contributed by atoms with Crippen LogP contribution in [0, 0.1) is 0 Å². The minimum Gasteiger partial charge on any atom is -0.481 e. The van der Waals surface area contributed by atoms with Crippen molar-refractivity contribution in [3.8, 4) is 0 Å². The van der Waals surface area contributed by atoms with E-state index in [-0.39, 0.29) is 6.29 Å². The highest BCUT2D eigenvalue weighted by Gasteiger charge is 2.29. The highest BCUT2D eigenvalue weighted by atomic mass is 16.4. The molecule has 0 spiro atoms. The van der Waals surface area contributed by atoms with Crippen LogP contribution < -0.4 is 0 Å². The molecule has 0 saturated heterocycles. The largest absolute Gasteiger partial charge is 0.481 e. The van der Waals surface area contributed by atoms with E-state index < -0.39 is 48.9 Å². The van der Waals surface area contributed by atoms with Gasteiger partial charge in [0.25, 0.3) is 0 Å². The zero-order chi connectivity index (χ0) is 33.2. The van der Waals surface area contributed by atoms with E-state index >= 15 is 0 Å². The molecule has 12 nitrogen and oxygen atoms in total. The third-order valence-corrected chi connectivity index (χ3v) is 5.90. The summed E-state index contributed by atoms with van der Waals surface area (Å²) in [5, 5.41) is 68.3. The van der Waals surface area contributed by atoms with Crippen LogP contribution in [0.4, 0.5) is 0 Å². The minimum absolute atomic E-state index is 0.0258. The average Bonchev–Trinajstić information content (AvgIpc) is 2.95. The first-order valence-corrected chi connectivity index (χ1v) is 15.3. The maximum absolute atomic E-state index is 10.0. The number of aliphatic hydroxyl groups is 5. The van der Waals surface area contributed by atoms with Gasteiger partial charge < -0.3 is 45.6 Å². The average molecular weight is 613 g/mol. The van der Waals surface area contributed by atoms with Gasteiger partial charge in [-0.3, -0.25) is 14.4 Å². The van der Waals surface area contributed by atoms with Gasteiger partial charge in [0, 0.05) is 19.3 Å². The molecule has 0 fully saturated rings. The Hall–Kier alpha value is -2.12. The predicted molar refractivity (Wildman–Crippen MR) is 160 cm³/mol. The number of hydrogen-bond donors (Lipinski definition) is 8. The van der Waals surface area contributed by atoms with Crippen LogP contribution in [0.15, 0.2) is 0 Å². The number of hydrogen-bond acceptors (Lipinski definition) is 9. The number of aliphatic carboxylic acids is 3. The summed E-state index contributed by atoms with van der Waals surface area (Å²) in [6.07, 6.45) is 10.8. The molecule has 0 saturated carbocycles. The van der Waals surface area contributed by atoms with E-state index in [4.69, 9.17) is 40.9 Å². The van der Waals surface area contributed by atoms with Gasteiger partial charge in [-0.05, 0) is 19.3 Å². The smallest absolute Gasteiger partial charge is 0.303 e. The number of carboxylic acid groups (broad SMARTS) is 3. The zero-order valence-corrected chi connectivity index (χ0v) is 26.0. The molecular weight excluding hydrogens is 552 g/mol. The molecule has 0 heterocycles. The van der Waals surface area contributed by atoms with E-state index in [9.17, 15) is 19.2 Å². The SMILES string of the molecule is CCCCCCCC(=O)O.CCCCCCCC(=O)O.CCCCCCCC(=O)O.O=C[C@H](O)[C@@H](O)[C@H](O)[C@H](O)CO. The van der Waals surface area contributed by atoms with Gasteiger partial charge >= 0.3 is 17.9 Å². The Kier molecular flexibility index (Phi) is 41.1. The van der Waals surface area contributed by atoms with Crippen molar-refractivity contribution in [2.45, 2.75) is 161 Å². The molecule has 12 heteroatoms. The first-order chi connectivity index (χ1) is 19.9. The van der Waals surface area contributed by atoms with E-state index in [1.54, 1.807) is 0 Å². The standard InChI is InChI=1S/3C8H16O2.C6H12O6/c3*1-2-3-4-5-6-7-8(9)10;7-1-3(9)5(11)6(12)4(10)2-8/h3*2-7H2,1H3,(H,9,10);1,3-6,8-12H,2H2/t;;;3-,4+,5+,6+/m...0/s1. The molecule has 0 bridgehead atoms. The fourth-order valence-electron chi connectivity index (χ4n) is 3.26.